The van der Waals surface area contributed by atoms with Crippen LogP contribution in [0.1, 0.15) is 47.0 Å². The van der Waals surface area contributed by atoms with Crippen LogP contribution in [0.25, 0.3) is 11.0 Å². The van der Waals surface area contributed by atoms with Gasteiger partial charge in [-0.3, -0.25) is 4.79 Å². The first-order valence-corrected chi connectivity index (χ1v) is 8.13. The number of aliphatic hydroxyl groups excluding tert-OH is 1. The van der Waals surface area contributed by atoms with E-state index in [1.807, 2.05) is 6.07 Å². The molecule has 0 aliphatic carbocycles. The fraction of sp³-hybridized carbons (Fsp3) is 0.250. The lowest BCUT2D eigenvalue weighted by atomic mass is 9.97. The normalized spacial score (nSPS) is 11.1. The molecule has 0 saturated carbocycles. The average molecular weight is 324 g/mol. The van der Waals surface area contributed by atoms with Gasteiger partial charge in [0, 0.05) is 17.4 Å². The number of phenolic OH excluding ortho intramolecular Hbond substituents is 1. The molecule has 0 amide bonds. The summed E-state index contributed by atoms with van der Waals surface area (Å²) in [4.78, 5) is 13.0. The van der Waals surface area contributed by atoms with E-state index in [1.54, 1.807) is 24.3 Å². The van der Waals surface area contributed by atoms with Crippen molar-refractivity contribution >= 4 is 16.8 Å². The fourth-order valence-corrected chi connectivity index (χ4v) is 2.81. The first-order chi connectivity index (χ1) is 11.6. The van der Waals surface area contributed by atoms with E-state index in [0.717, 1.165) is 23.8 Å². The van der Waals surface area contributed by atoms with Crippen molar-refractivity contribution in [2.24, 2.45) is 0 Å². The lowest BCUT2D eigenvalue weighted by Gasteiger charge is -2.04. The Morgan fingerprint density at radius 1 is 1.12 bits per heavy atom. The summed E-state index contributed by atoms with van der Waals surface area (Å²) in [5.41, 5.74) is 2.45. The highest BCUT2D eigenvalue weighted by Gasteiger charge is 2.22. The van der Waals surface area contributed by atoms with Crippen LogP contribution in [0.15, 0.2) is 46.9 Å². The Hall–Kier alpha value is -2.59. The molecule has 0 bridgehead atoms. The number of ketones is 1. The third-order valence-electron chi connectivity index (χ3n) is 4.12. The van der Waals surface area contributed by atoms with Gasteiger partial charge in [-0.25, -0.2) is 0 Å². The average Bonchev–Trinajstić information content (AvgIpc) is 2.97. The van der Waals surface area contributed by atoms with Crippen molar-refractivity contribution in [3.05, 3.63) is 64.9 Å². The number of phenols is 1. The maximum atomic E-state index is 13.0. The molecule has 0 spiro atoms. The van der Waals surface area contributed by atoms with E-state index in [-0.39, 0.29) is 18.1 Å². The molecule has 0 aliphatic rings. The highest BCUT2D eigenvalue weighted by atomic mass is 16.3. The Kier molecular flexibility index (Phi) is 4.67. The molecule has 0 aliphatic heterocycles. The number of benzene rings is 2. The molecule has 4 heteroatoms. The van der Waals surface area contributed by atoms with Gasteiger partial charge in [-0.1, -0.05) is 19.4 Å². The van der Waals surface area contributed by atoms with Gasteiger partial charge in [0.25, 0.3) is 0 Å². The van der Waals surface area contributed by atoms with E-state index in [0.29, 0.717) is 28.9 Å². The number of aromatic hydroxyl groups is 1. The molecule has 0 fully saturated rings. The van der Waals surface area contributed by atoms with E-state index in [2.05, 4.69) is 6.92 Å². The summed E-state index contributed by atoms with van der Waals surface area (Å²) in [5, 5.41) is 19.5. The third kappa shape index (κ3) is 3.05. The van der Waals surface area contributed by atoms with Crippen LogP contribution in [-0.4, -0.2) is 16.0 Å². The van der Waals surface area contributed by atoms with Crippen molar-refractivity contribution < 1.29 is 19.4 Å². The number of carbonyl (C=O) groups is 1. The molecule has 24 heavy (non-hydrogen) atoms. The zero-order valence-electron chi connectivity index (χ0n) is 13.6. The molecule has 0 radical (unpaired) electrons. The lowest BCUT2D eigenvalue weighted by Crippen LogP contribution is -2.04. The SMILES string of the molecule is CCCCc1oc2ccc(CO)cc2c1C(=O)c1ccc(O)cc1. The van der Waals surface area contributed by atoms with Gasteiger partial charge in [0.15, 0.2) is 5.78 Å². The lowest BCUT2D eigenvalue weighted by molar-refractivity contribution is 0.103. The van der Waals surface area contributed by atoms with E-state index in [1.165, 1.54) is 12.1 Å². The number of hydrogen-bond donors (Lipinski definition) is 2. The molecule has 0 saturated heterocycles. The van der Waals surface area contributed by atoms with Crippen molar-refractivity contribution in [1.29, 1.82) is 0 Å². The van der Waals surface area contributed by atoms with Gasteiger partial charge >= 0.3 is 0 Å². The Morgan fingerprint density at radius 2 is 1.88 bits per heavy atom. The molecule has 124 valence electrons. The Bertz CT molecular complexity index is 859. The molecule has 2 N–H and O–H groups in total. The van der Waals surface area contributed by atoms with Crippen molar-refractivity contribution in [2.45, 2.75) is 32.8 Å². The fourth-order valence-electron chi connectivity index (χ4n) is 2.81. The molecule has 1 aromatic heterocycles. The van der Waals surface area contributed by atoms with Crippen LogP contribution >= 0.6 is 0 Å². The van der Waals surface area contributed by atoms with Gasteiger partial charge in [-0.15, -0.1) is 0 Å². The van der Waals surface area contributed by atoms with E-state index in [9.17, 15) is 15.0 Å². The molecule has 1 heterocycles. The molecule has 0 unspecified atom stereocenters. The van der Waals surface area contributed by atoms with Gasteiger partial charge in [-0.05, 0) is 48.4 Å². The van der Waals surface area contributed by atoms with Gasteiger partial charge < -0.3 is 14.6 Å². The third-order valence-corrected chi connectivity index (χ3v) is 4.12. The maximum Gasteiger partial charge on any atom is 0.197 e. The van der Waals surface area contributed by atoms with Crippen LogP contribution < -0.4 is 0 Å². The Balaban J connectivity index is 2.14. The van der Waals surface area contributed by atoms with Gasteiger partial charge in [0.1, 0.15) is 17.1 Å². The second kappa shape index (κ2) is 6.89. The number of aliphatic hydroxyl groups is 1. The van der Waals surface area contributed by atoms with Crippen LogP contribution in [0.3, 0.4) is 0 Å². The molecular formula is C20H20O4. The number of furan rings is 1. The Labute approximate surface area is 140 Å². The monoisotopic (exact) mass is 324 g/mol. The van der Waals surface area contributed by atoms with Crippen LogP contribution in [0.2, 0.25) is 0 Å². The van der Waals surface area contributed by atoms with Gasteiger partial charge in [-0.2, -0.15) is 0 Å². The maximum absolute atomic E-state index is 13.0. The van der Waals surface area contributed by atoms with Crippen molar-refractivity contribution in [1.82, 2.24) is 0 Å². The molecular weight excluding hydrogens is 304 g/mol. The number of fused-ring (bicyclic) bond motifs is 1. The van der Waals surface area contributed by atoms with Crippen LogP contribution in [0.4, 0.5) is 0 Å². The standard InChI is InChI=1S/C20H20O4/c1-2-3-4-18-19(20(23)14-6-8-15(22)9-7-14)16-11-13(12-21)5-10-17(16)24-18/h5-11,21-22H,2-4,12H2,1H3. The molecule has 3 rings (SSSR count). The van der Waals surface area contributed by atoms with Crippen molar-refractivity contribution in [3.8, 4) is 5.75 Å². The van der Waals surface area contributed by atoms with Crippen LogP contribution in [-0.2, 0) is 13.0 Å². The minimum Gasteiger partial charge on any atom is -0.508 e. The number of unbranched alkanes of at least 4 members (excludes halogenated alkanes) is 1. The molecule has 4 nitrogen and oxygen atoms in total. The second-order valence-corrected chi connectivity index (χ2v) is 5.87. The van der Waals surface area contributed by atoms with E-state index < -0.39 is 0 Å². The number of rotatable bonds is 6. The Morgan fingerprint density at radius 3 is 2.54 bits per heavy atom. The minimum atomic E-state index is -0.130. The van der Waals surface area contributed by atoms with Gasteiger partial charge in [0.2, 0.25) is 0 Å². The first-order valence-electron chi connectivity index (χ1n) is 8.13. The predicted octanol–water partition coefficient (Wildman–Crippen LogP) is 4.20. The van der Waals surface area contributed by atoms with Gasteiger partial charge in [0.05, 0.1) is 12.2 Å². The van der Waals surface area contributed by atoms with Crippen LogP contribution in [0, 0.1) is 0 Å². The van der Waals surface area contributed by atoms with Crippen LogP contribution in [0.5, 0.6) is 5.75 Å². The number of hydrogen-bond acceptors (Lipinski definition) is 4. The summed E-state index contributed by atoms with van der Waals surface area (Å²) in [6.07, 6.45) is 2.63. The molecule has 3 aromatic rings. The molecule has 0 atom stereocenters. The topological polar surface area (TPSA) is 70.7 Å². The zero-order chi connectivity index (χ0) is 17.1. The summed E-state index contributed by atoms with van der Waals surface area (Å²) in [6.45, 7) is 2.01. The second-order valence-electron chi connectivity index (χ2n) is 5.87. The summed E-state index contributed by atoms with van der Waals surface area (Å²) in [7, 11) is 0. The smallest absolute Gasteiger partial charge is 0.197 e. The summed E-state index contributed by atoms with van der Waals surface area (Å²) in [5.74, 6) is 0.673. The van der Waals surface area contributed by atoms with E-state index in [4.69, 9.17) is 4.42 Å². The summed E-state index contributed by atoms with van der Waals surface area (Å²) in [6, 6.07) is 11.6. The largest absolute Gasteiger partial charge is 0.508 e. The van der Waals surface area contributed by atoms with E-state index >= 15 is 0 Å². The zero-order valence-corrected chi connectivity index (χ0v) is 13.6. The first kappa shape index (κ1) is 16.3. The highest BCUT2D eigenvalue weighted by molar-refractivity contribution is 6.17. The van der Waals surface area contributed by atoms with Crippen molar-refractivity contribution in [2.75, 3.05) is 0 Å². The number of aryl methyl sites for hydroxylation is 1. The minimum absolute atomic E-state index is 0.0851. The quantitative estimate of drug-likeness (QED) is 0.667. The van der Waals surface area contributed by atoms with Crippen molar-refractivity contribution in [3.63, 3.8) is 0 Å². The number of carbonyl (C=O) groups excluding carboxylic acids is 1. The predicted molar refractivity (Wildman–Crippen MR) is 92.3 cm³/mol. The molecule has 2 aromatic carbocycles. The summed E-state index contributed by atoms with van der Waals surface area (Å²) >= 11 is 0. The highest BCUT2D eigenvalue weighted by Crippen LogP contribution is 2.30. The summed E-state index contributed by atoms with van der Waals surface area (Å²) < 4.78 is 5.92.